The summed E-state index contributed by atoms with van der Waals surface area (Å²) in [6, 6.07) is 12.3. The van der Waals surface area contributed by atoms with Crippen LogP contribution < -0.4 is 15.0 Å². The number of benzene rings is 2. The van der Waals surface area contributed by atoms with Crippen molar-refractivity contribution in [2.45, 2.75) is 32.3 Å². The lowest BCUT2D eigenvalue weighted by molar-refractivity contribution is 0.0990. The maximum absolute atomic E-state index is 15.2. The molecule has 0 radical (unpaired) electrons. The van der Waals surface area contributed by atoms with E-state index in [1.807, 2.05) is 0 Å². The van der Waals surface area contributed by atoms with Crippen molar-refractivity contribution < 1.29 is 23.0 Å². The van der Waals surface area contributed by atoms with Crippen molar-refractivity contribution in [3.8, 4) is 23.1 Å². The fourth-order valence-electron chi connectivity index (χ4n) is 5.09. The third-order valence-electron chi connectivity index (χ3n) is 7.45. The van der Waals surface area contributed by atoms with Crippen LogP contribution in [0, 0.1) is 11.6 Å². The van der Waals surface area contributed by atoms with E-state index in [-0.39, 0.29) is 23.8 Å². The van der Waals surface area contributed by atoms with Crippen LogP contribution in [-0.2, 0) is 6.42 Å². The second kappa shape index (κ2) is 12.1. The van der Waals surface area contributed by atoms with Crippen LogP contribution in [0.2, 0.25) is 0 Å². The molecule has 0 unspecified atom stereocenters. The molecule has 0 saturated carbocycles. The molecule has 0 spiro atoms. The van der Waals surface area contributed by atoms with E-state index >= 15 is 4.39 Å². The van der Waals surface area contributed by atoms with Gasteiger partial charge in [-0.1, -0.05) is 13.0 Å². The lowest BCUT2D eigenvalue weighted by atomic mass is 10.0. The number of ether oxygens (including phenoxy) is 2. The first kappa shape index (κ1) is 28.2. The number of carbonyl (C=O) groups excluding carboxylic acids is 1. The van der Waals surface area contributed by atoms with E-state index in [4.69, 9.17) is 9.47 Å². The Balaban J connectivity index is 1.18. The molecule has 6 rings (SSSR count). The third-order valence-corrected chi connectivity index (χ3v) is 7.45. The first-order chi connectivity index (χ1) is 20.9. The van der Waals surface area contributed by atoms with E-state index in [0.29, 0.717) is 33.9 Å². The van der Waals surface area contributed by atoms with Crippen LogP contribution in [0.15, 0.2) is 71.8 Å². The summed E-state index contributed by atoms with van der Waals surface area (Å²) < 4.78 is 41.7. The summed E-state index contributed by atoms with van der Waals surface area (Å²) in [5, 5.41) is 11.6. The number of pyridine rings is 1. The highest BCUT2D eigenvalue weighted by atomic mass is 19.1. The van der Waals surface area contributed by atoms with Crippen LogP contribution in [0.1, 0.15) is 35.7 Å². The zero-order valence-corrected chi connectivity index (χ0v) is 23.3. The molecule has 1 aliphatic rings. The Hall–Kier alpha value is -4.97. The number of Topliss-reactive ketones (excluding diaryl/α,β-unsaturated/α-hetero) is 1. The number of ketones is 1. The average Bonchev–Trinajstić information content (AvgIpc) is 3.43. The fourth-order valence-corrected chi connectivity index (χ4v) is 5.09. The van der Waals surface area contributed by atoms with E-state index < -0.39 is 23.0 Å². The van der Waals surface area contributed by atoms with E-state index in [2.05, 4.69) is 32.1 Å². The van der Waals surface area contributed by atoms with Crippen molar-refractivity contribution in [1.29, 1.82) is 0 Å². The van der Waals surface area contributed by atoms with Crippen molar-refractivity contribution in [3.05, 3.63) is 100 Å². The predicted octanol–water partition coefficient (Wildman–Crippen LogP) is 4.86. The van der Waals surface area contributed by atoms with E-state index in [9.17, 15) is 14.0 Å². The molecule has 3 aromatic heterocycles. The molecular formula is C31H28F2N6O4. The summed E-state index contributed by atoms with van der Waals surface area (Å²) in [4.78, 5) is 32.6. The molecule has 12 heteroatoms. The van der Waals surface area contributed by atoms with E-state index in [1.54, 1.807) is 12.1 Å². The molecule has 1 N–H and O–H groups in total. The monoisotopic (exact) mass is 586 g/mol. The maximum atomic E-state index is 15.2. The van der Waals surface area contributed by atoms with Gasteiger partial charge in [0.1, 0.15) is 23.1 Å². The number of halogens is 2. The van der Waals surface area contributed by atoms with Crippen LogP contribution in [0.3, 0.4) is 0 Å². The smallest absolute Gasteiger partial charge is 0.282 e. The van der Waals surface area contributed by atoms with Crippen LogP contribution in [-0.4, -0.2) is 61.4 Å². The third kappa shape index (κ3) is 6.00. The molecule has 0 amide bonds. The summed E-state index contributed by atoms with van der Waals surface area (Å²) in [6.45, 7) is 5.02. The Morgan fingerprint density at radius 3 is 2.56 bits per heavy atom. The van der Waals surface area contributed by atoms with Gasteiger partial charge in [-0.3, -0.25) is 14.7 Å². The van der Waals surface area contributed by atoms with Crippen LogP contribution in [0.25, 0.3) is 16.7 Å². The fraction of sp³-hybridized carbons (Fsp3) is 0.258. The first-order valence-electron chi connectivity index (χ1n) is 14.0. The van der Waals surface area contributed by atoms with Crippen molar-refractivity contribution in [2.24, 2.45) is 0 Å². The quantitative estimate of drug-likeness (QED) is 0.244. The maximum Gasteiger partial charge on any atom is 0.282 e. The largest absolute Gasteiger partial charge is 0.473 e. The van der Waals surface area contributed by atoms with Gasteiger partial charge in [0.25, 0.3) is 5.56 Å². The topological polar surface area (TPSA) is 115 Å². The summed E-state index contributed by atoms with van der Waals surface area (Å²) in [5.41, 5.74) is 0.337. The SMILES string of the molecule is CCN1CCC(Oc2n[nH]c3nccc(Oc4ccc(CC(=O)c5ccnn(-c6ccc(F)cc6)c5=O)cc4F)c23)CC1. The van der Waals surface area contributed by atoms with Gasteiger partial charge in [0.05, 0.1) is 11.3 Å². The molecule has 4 heterocycles. The number of aromatic amines is 1. The molecule has 0 bridgehead atoms. The summed E-state index contributed by atoms with van der Waals surface area (Å²) >= 11 is 0. The minimum absolute atomic E-state index is 0.00360. The normalized spacial score (nSPS) is 14.2. The molecule has 2 aromatic carbocycles. The van der Waals surface area contributed by atoms with E-state index in [1.165, 1.54) is 54.9 Å². The number of rotatable bonds is 9. The number of fused-ring (bicyclic) bond motifs is 1. The minimum atomic E-state index is -0.688. The van der Waals surface area contributed by atoms with Gasteiger partial charge in [-0.25, -0.2) is 13.8 Å². The van der Waals surface area contributed by atoms with Gasteiger partial charge in [-0.05, 0) is 67.4 Å². The van der Waals surface area contributed by atoms with Crippen molar-refractivity contribution >= 4 is 16.8 Å². The van der Waals surface area contributed by atoms with E-state index in [0.717, 1.165) is 37.2 Å². The number of H-pyrrole nitrogens is 1. The van der Waals surface area contributed by atoms with Gasteiger partial charge in [0.2, 0.25) is 5.88 Å². The van der Waals surface area contributed by atoms with Crippen molar-refractivity contribution in [1.82, 2.24) is 29.9 Å². The van der Waals surface area contributed by atoms with Crippen LogP contribution in [0.5, 0.6) is 17.4 Å². The zero-order valence-electron chi connectivity index (χ0n) is 23.3. The molecular weight excluding hydrogens is 558 g/mol. The van der Waals surface area contributed by atoms with Crippen molar-refractivity contribution in [3.63, 3.8) is 0 Å². The molecule has 1 saturated heterocycles. The average molecular weight is 587 g/mol. The number of carbonyl (C=O) groups is 1. The number of aromatic nitrogens is 5. The molecule has 0 aliphatic carbocycles. The molecule has 10 nitrogen and oxygen atoms in total. The Labute approximate surface area is 244 Å². The molecule has 0 atom stereocenters. The predicted molar refractivity (Wildman–Crippen MR) is 154 cm³/mol. The van der Waals surface area contributed by atoms with Gasteiger partial charge < -0.3 is 14.4 Å². The Bertz CT molecular complexity index is 1830. The molecule has 5 aromatic rings. The first-order valence-corrected chi connectivity index (χ1v) is 14.0. The van der Waals surface area contributed by atoms with Gasteiger partial charge in [0, 0.05) is 38.0 Å². The summed E-state index contributed by atoms with van der Waals surface area (Å²) in [7, 11) is 0. The highest BCUT2D eigenvalue weighted by Gasteiger charge is 2.23. The number of nitrogens with one attached hydrogen (secondary N) is 1. The number of hydrogen-bond acceptors (Lipinski definition) is 8. The number of likely N-dealkylation sites (tertiary alicyclic amines) is 1. The molecule has 1 aliphatic heterocycles. The Kier molecular flexibility index (Phi) is 7.93. The molecule has 1 fully saturated rings. The standard InChI is InChI=1S/C31H28F2N6O4/c1-2-38-15-11-22(12-16-38)42-30-28-27(10-13-34-29(28)36-37-30)43-26-8-3-19(17-24(26)33)18-25(40)23-9-14-35-39(31(23)41)21-6-4-20(32)5-7-21/h3-10,13-14,17,22H,2,11-12,15-16,18H2,1H3,(H,34,36,37). The van der Waals surface area contributed by atoms with Crippen LogP contribution >= 0.6 is 0 Å². The van der Waals surface area contributed by atoms with Crippen molar-refractivity contribution in [2.75, 3.05) is 19.6 Å². The highest BCUT2D eigenvalue weighted by molar-refractivity contribution is 5.97. The molecule has 220 valence electrons. The van der Waals surface area contributed by atoms with Gasteiger partial charge >= 0.3 is 0 Å². The second-order valence-electron chi connectivity index (χ2n) is 10.2. The molecule has 43 heavy (non-hydrogen) atoms. The number of nitrogens with zero attached hydrogens (tertiary/aromatic N) is 5. The lowest BCUT2D eigenvalue weighted by Crippen LogP contribution is -2.38. The second-order valence-corrected chi connectivity index (χ2v) is 10.2. The summed E-state index contributed by atoms with van der Waals surface area (Å²) in [5.74, 6) is -1.06. The summed E-state index contributed by atoms with van der Waals surface area (Å²) in [6.07, 6.45) is 4.34. The number of piperidine rings is 1. The van der Waals surface area contributed by atoms with Gasteiger partial charge in [-0.2, -0.15) is 9.78 Å². The highest BCUT2D eigenvalue weighted by Crippen LogP contribution is 2.36. The lowest BCUT2D eigenvalue weighted by Gasteiger charge is -2.30. The minimum Gasteiger partial charge on any atom is -0.473 e. The Morgan fingerprint density at radius 1 is 1.02 bits per heavy atom. The van der Waals surface area contributed by atoms with Crippen LogP contribution in [0.4, 0.5) is 8.78 Å². The number of hydrogen-bond donors (Lipinski definition) is 1. The zero-order chi connectivity index (χ0) is 29.9. The van der Waals surface area contributed by atoms with Gasteiger partial charge in [-0.15, -0.1) is 5.10 Å². The Morgan fingerprint density at radius 2 is 1.81 bits per heavy atom. The van der Waals surface area contributed by atoms with Gasteiger partial charge in [0.15, 0.2) is 23.0 Å².